The van der Waals surface area contributed by atoms with Gasteiger partial charge in [-0.25, -0.2) is 0 Å². The number of hydrogen-bond donors (Lipinski definition) is 3. The highest BCUT2D eigenvalue weighted by Gasteiger charge is 2.53. The van der Waals surface area contributed by atoms with Crippen molar-refractivity contribution in [3.05, 3.63) is 60.1 Å². The van der Waals surface area contributed by atoms with Crippen LogP contribution in [0.25, 0.3) is 0 Å². The number of carbonyl (C=O) groups is 2. The molecule has 1 unspecified atom stereocenters. The van der Waals surface area contributed by atoms with Gasteiger partial charge in [0.15, 0.2) is 0 Å². The lowest BCUT2D eigenvalue weighted by Crippen LogP contribution is -2.58. The van der Waals surface area contributed by atoms with E-state index in [1.165, 1.54) is 0 Å². The van der Waals surface area contributed by atoms with Crippen LogP contribution < -0.4 is 10.6 Å². The van der Waals surface area contributed by atoms with Crippen LogP contribution in [0.1, 0.15) is 62.6 Å². The van der Waals surface area contributed by atoms with Gasteiger partial charge in [0.1, 0.15) is 5.76 Å². The summed E-state index contributed by atoms with van der Waals surface area (Å²) in [6, 6.07) is 12.9. The summed E-state index contributed by atoms with van der Waals surface area (Å²) in [4.78, 5) is 25.6. The SMILES string of the molecule is C[C@H]1[C@@H]2[C@@H](O)C([C@H](C)C(=O)NCc3ccco3)CC[C@@]2(C)CC[C@@H]1NC(=O)c1ccccc1. The molecule has 4 rings (SSSR count). The molecule has 0 radical (unpaired) electrons. The number of rotatable bonds is 6. The van der Waals surface area contributed by atoms with E-state index in [-0.39, 0.29) is 46.9 Å². The standard InChI is InChI=1S/C27H36N2O4/c1-17(25(31)28-16-20-10-7-15-33-20)21-11-13-27(3)14-12-22(18(2)23(27)24(21)30)29-26(32)19-8-5-4-6-9-19/h4-10,15,17-18,21-24,30H,11-14,16H2,1-3H3,(H,28,31)(H,29,32)/t17-,18+,21?,22-,23+,24-,27-/m0/s1. The number of benzene rings is 1. The fourth-order valence-electron chi connectivity index (χ4n) is 6.28. The molecule has 0 saturated heterocycles. The molecular formula is C27H36N2O4. The summed E-state index contributed by atoms with van der Waals surface area (Å²) >= 11 is 0. The molecule has 2 aromatic rings. The molecule has 1 aromatic carbocycles. The number of fused-ring (bicyclic) bond motifs is 1. The Bertz CT molecular complexity index is 944. The van der Waals surface area contributed by atoms with Crippen molar-refractivity contribution in [2.75, 3.05) is 0 Å². The third-order valence-corrected chi connectivity index (χ3v) is 8.31. The van der Waals surface area contributed by atoms with E-state index in [9.17, 15) is 14.7 Å². The first kappa shape index (κ1) is 23.6. The summed E-state index contributed by atoms with van der Waals surface area (Å²) in [5.74, 6) is 0.334. The molecule has 6 nitrogen and oxygen atoms in total. The Balaban J connectivity index is 1.43. The average Bonchev–Trinajstić information content (AvgIpc) is 3.33. The lowest BCUT2D eigenvalue weighted by molar-refractivity contribution is -0.142. The van der Waals surface area contributed by atoms with Crippen molar-refractivity contribution >= 4 is 11.8 Å². The van der Waals surface area contributed by atoms with Crippen LogP contribution in [-0.2, 0) is 11.3 Å². The molecule has 33 heavy (non-hydrogen) atoms. The zero-order valence-electron chi connectivity index (χ0n) is 19.8. The molecule has 178 valence electrons. The Kier molecular flexibility index (Phi) is 6.94. The van der Waals surface area contributed by atoms with Crippen LogP contribution in [0.3, 0.4) is 0 Å². The number of aliphatic hydroxyl groups excluding tert-OH is 1. The van der Waals surface area contributed by atoms with Gasteiger partial charge in [-0.05, 0) is 73.1 Å². The van der Waals surface area contributed by atoms with Crippen molar-refractivity contribution in [3.8, 4) is 0 Å². The second kappa shape index (κ2) is 9.72. The van der Waals surface area contributed by atoms with Gasteiger partial charge in [0, 0.05) is 17.5 Å². The van der Waals surface area contributed by atoms with Crippen LogP contribution >= 0.6 is 0 Å². The van der Waals surface area contributed by atoms with Crippen molar-refractivity contribution in [3.63, 3.8) is 0 Å². The minimum atomic E-state index is -0.584. The number of nitrogens with one attached hydrogen (secondary N) is 2. The second-order valence-corrected chi connectivity index (χ2v) is 10.3. The van der Waals surface area contributed by atoms with E-state index < -0.39 is 6.10 Å². The number of carbonyl (C=O) groups excluding carboxylic acids is 2. The van der Waals surface area contributed by atoms with Gasteiger partial charge in [-0.1, -0.05) is 39.0 Å². The maximum absolute atomic E-state index is 12.9. The van der Waals surface area contributed by atoms with E-state index in [0.717, 1.165) is 25.7 Å². The summed E-state index contributed by atoms with van der Waals surface area (Å²) in [6.07, 6.45) is 4.69. The Morgan fingerprint density at radius 3 is 2.58 bits per heavy atom. The number of amides is 2. The van der Waals surface area contributed by atoms with E-state index in [2.05, 4.69) is 24.5 Å². The van der Waals surface area contributed by atoms with Crippen molar-refractivity contribution in [1.29, 1.82) is 0 Å². The maximum Gasteiger partial charge on any atom is 0.251 e. The smallest absolute Gasteiger partial charge is 0.251 e. The lowest BCUT2D eigenvalue weighted by Gasteiger charge is -2.56. The first-order chi connectivity index (χ1) is 15.8. The molecule has 7 atom stereocenters. The van der Waals surface area contributed by atoms with E-state index in [1.54, 1.807) is 12.3 Å². The third-order valence-electron chi connectivity index (χ3n) is 8.31. The topological polar surface area (TPSA) is 91.6 Å². The van der Waals surface area contributed by atoms with Crippen molar-refractivity contribution < 1.29 is 19.1 Å². The lowest BCUT2D eigenvalue weighted by atomic mass is 9.51. The highest BCUT2D eigenvalue weighted by atomic mass is 16.3. The Hall–Kier alpha value is -2.60. The van der Waals surface area contributed by atoms with Crippen molar-refractivity contribution in [1.82, 2.24) is 10.6 Å². The first-order valence-electron chi connectivity index (χ1n) is 12.1. The average molecular weight is 453 g/mol. The molecule has 2 aliphatic carbocycles. The maximum atomic E-state index is 12.9. The van der Waals surface area contributed by atoms with Gasteiger partial charge in [0.25, 0.3) is 5.91 Å². The molecule has 2 fully saturated rings. The quantitative estimate of drug-likeness (QED) is 0.614. The molecule has 1 aromatic heterocycles. The van der Waals surface area contributed by atoms with E-state index in [4.69, 9.17) is 4.42 Å². The molecule has 2 amide bonds. The van der Waals surface area contributed by atoms with Crippen molar-refractivity contribution in [2.24, 2.45) is 29.1 Å². The van der Waals surface area contributed by atoms with Crippen LogP contribution in [0.15, 0.2) is 53.1 Å². The van der Waals surface area contributed by atoms with Gasteiger partial charge in [-0.15, -0.1) is 0 Å². The highest BCUT2D eigenvalue weighted by Crippen LogP contribution is 2.55. The molecule has 0 aliphatic heterocycles. The van der Waals surface area contributed by atoms with Gasteiger partial charge in [-0.3, -0.25) is 9.59 Å². The molecule has 6 heteroatoms. The molecule has 0 spiro atoms. The van der Waals surface area contributed by atoms with Gasteiger partial charge < -0.3 is 20.2 Å². The highest BCUT2D eigenvalue weighted by molar-refractivity contribution is 5.94. The van der Waals surface area contributed by atoms with Crippen LogP contribution in [0.5, 0.6) is 0 Å². The summed E-state index contributed by atoms with van der Waals surface area (Å²) in [7, 11) is 0. The molecule has 3 N–H and O–H groups in total. The van der Waals surface area contributed by atoms with E-state index >= 15 is 0 Å². The Morgan fingerprint density at radius 1 is 1.15 bits per heavy atom. The van der Waals surface area contributed by atoms with Gasteiger partial charge in [-0.2, -0.15) is 0 Å². The number of aliphatic hydroxyl groups is 1. The largest absolute Gasteiger partial charge is 0.467 e. The molecule has 0 bridgehead atoms. The molecule has 1 heterocycles. The normalized spacial score (nSPS) is 32.4. The minimum Gasteiger partial charge on any atom is -0.467 e. The van der Waals surface area contributed by atoms with E-state index in [0.29, 0.717) is 17.9 Å². The van der Waals surface area contributed by atoms with Gasteiger partial charge in [0.2, 0.25) is 5.91 Å². The van der Waals surface area contributed by atoms with Crippen LogP contribution in [0.4, 0.5) is 0 Å². The van der Waals surface area contributed by atoms with Crippen LogP contribution in [-0.4, -0.2) is 29.1 Å². The Labute approximate surface area is 196 Å². The predicted molar refractivity (Wildman–Crippen MR) is 126 cm³/mol. The third kappa shape index (κ3) is 4.86. The monoisotopic (exact) mass is 452 g/mol. The van der Waals surface area contributed by atoms with Crippen LogP contribution in [0.2, 0.25) is 0 Å². The number of hydrogen-bond acceptors (Lipinski definition) is 4. The second-order valence-electron chi connectivity index (χ2n) is 10.3. The van der Waals surface area contributed by atoms with E-state index in [1.807, 2.05) is 43.3 Å². The molecule has 2 saturated carbocycles. The first-order valence-corrected chi connectivity index (χ1v) is 12.1. The number of furan rings is 1. The molecular weight excluding hydrogens is 416 g/mol. The zero-order valence-corrected chi connectivity index (χ0v) is 19.8. The fourth-order valence-corrected chi connectivity index (χ4v) is 6.28. The molecule has 2 aliphatic rings. The predicted octanol–water partition coefficient (Wildman–Crippen LogP) is 4.15. The van der Waals surface area contributed by atoms with Crippen molar-refractivity contribution in [2.45, 2.75) is 65.1 Å². The summed E-state index contributed by atoms with van der Waals surface area (Å²) in [5, 5.41) is 17.7. The summed E-state index contributed by atoms with van der Waals surface area (Å²) in [5.41, 5.74) is 0.676. The summed E-state index contributed by atoms with van der Waals surface area (Å²) < 4.78 is 5.31. The van der Waals surface area contributed by atoms with Gasteiger partial charge >= 0.3 is 0 Å². The fraction of sp³-hybridized carbons (Fsp3) is 0.556. The zero-order chi connectivity index (χ0) is 23.6. The van der Waals surface area contributed by atoms with Crippen LogP contribution in [0, 0.1) is 29.1 Å². The minimum absolute atomic E-state index is 0.00673. The van der Waals surface area contributed by atoms with Gasteiger partial charge in [0.05, 0.1) is 18.9 Å². The summed E-state index contributed by atoms with van der Waals surface area (Å²) in [6.45, 7) is 6.68. The Morgan fingerprint density at radius 2 is 1.88 bits per heavy atom.